The van der Waals surface area contributed by atoms with Crippen molar-refractivity contribution in [2.24, 2.45) is 11.7 Å². The Morgan fingerprint density at radius 2 is 2.00 bits per heavy atom. The largest absolute Gasteiger partial charge is 0.324 e. The SMILES string of the molecule is NC(CCC1CC1)c1ccc(F)c(F)c1. The quantitative estimate of drug-likeness (QED) is 0.813. The molecule has 0 heterocycles. The lowest BCUT2D eigenvalue weighted by Crippen LogP contribution is -2.11. The zero-order valence-electron chi connectivity index (χ0n) is 8.55. The van der Waals surface area contributed by atoms with Gasteiger partial charge in [0.15, 0.2) is 11.6 Å². The smallest absolute Gasteiger partial charge is 0.159 e. The summed E-state index contributed by atoms with van der Waals surface area (Å²) in [5.41, 5.74) is 6.59. The van der Waals surface area contributed by atoms with Gasteiger partial charge in [-0.05, 0) is 36.5 Å². The molecule has 1 aliphatic rings. The molecule has 82 valence electrons. The van der Waals surface area contributed by atoms with E-state index in [0.717, 1.165) is 24.8 Å². The van der Waals surface area contributed by atoms with Crippen LogP contribution >= 0.6 is 0 Å². The molecular formula is C12H15F2N. The lowest BCUT2D eigenvalue weighted by atomic mass is 10.0. The zero-order valence-corrected chi connectivity index (χ0v) is 8.55. The van der Waals surface area contributed by atoms with Gasteiger partial charge in [0.05, 0.1) is 0 Å². The van der Waals surface area contributed by atoms with Crippen LogP contribution in [0.2, 0.25) is 0 Å². The van der Waals surface area contributed by atoms with Gasteiger partial charge in [-0.25, -0.2) is 8.78 Å². The summed E-state index contributed by atoms with van der Waals surface area (Å²) in [7, 11) is 0. The lowest BCUT2D eigenvalue weighted by Gasteiger charge is -2.11. The summed E-state index contributed by atoms with van der Waals surface area (Å²) in [6.07, 6.45) is 4.55. The Morgan fingerprint density at radius 3 is 2.60 bits per heavy atom. The molecular weight excluding hydrogens is 196 g/mol. The molecule has 2 rings (SSSR count). The van der Waals surface area contributed by atoms with E-state index in [0.29, 0.717) is 5.56 Å². The Morgan fingerprint density at radius 1 is 1.27 bits per heavy atom. The van der Waals surface area contributed by atoms with Gasteiger partial charge in [-0.1, -0.05) is 18.9 Å². The van der Waals surface area contributed by atoms with Gasteiger partial charge in [-0.3, -0.25) is 0 Å². The van der Waals surface area contributed by atoms with E-state index in [4.69, 9.17) is 5.73 Å². The van der Waals surface area contributed by atoms with Gasteiger partial charge in [0.1, 0.15) is 0 Å². The van der Waals surface area contributed by atoms with Crippen molar-refractivity contribution < 1.29 is 8.78 Å². The molecule has 0 spiro atoms. The summed E-state index contributed by atoms with van der Waals surface area (Å²) in [5.74, 6) is -0.802. The fourth-order valence-corrected chi connectivity index (χ4v) is 1.73. The zero-order chi connectivity index (χ0) is 10.8. The fraction of sp³-hybridized carbons (Fsp3) is 0.500. The normalized spacial score (nSPS) is 17.8. The number of nitrogens with two attached hydrogens (primary N) is 1. The van der Waals surface area contributed by atoms with E-state index in [9.17, 15) is 8.78 Å². The summed E-state index contributed by atoms with van der Waals surface area (Å²) in [6.45, 7) is 0. The van der Waals surface area contributed by atoms with Crippen molar-refractivity contribution in [2.45, 2.75) is 31.7 Å². The Kier molecular flexibility index (Phi) is 3.00. The minimum atomic E-state index is -0.812. The van der Waals surface area contributed by atoms with Crippen LogP contribution in [0, 0.1) is 17.6 Å². The van der Waals surface area contributed by atoms with Crippen LogP contribution in [-0.4, -0.2) is 0 Å². The standard InChI is InChI=1S/C12H15F2N/c13-10-5-4-9(7-11(10)14)12(15)6-3-8-1-2-8/h4-5,7-8,12H,1-3,6,15H2. The van der Waals surface area contributed by atoms with Crippen molar-refractivity contribution in [1.82, 2.24) is 0 Å². The van der Waals surface area contributed by atoms with Crippen molar-refractivity contribution in [1.29, 1.82) is 0 Å². The molecule has 1 saturated carbocycles. The number of hydrogen-bond acceptors (Lipinski definition) is 1. The number of halogens is 2. The van der Waals surface area contributed by atoms with Gasteiger partial charge in [-0.2, -0.15) is 0 Å². The molecule has 1 aromatic rings. The monoisotopic (exact) mass is 211 g/mol. The molecule has 1 aliphatic carbocycles. The maximum Gasteiger partial charge on any atom is 0.159 e. The first-order valence-corrected chi connectivity index (χ1v) is 5.37. The number of benzene rings is 1. The van der Waals surface area contributed by atoms with Crippen molar-refractivity contribution >= 4 is 0 Å². The predicted molar refractivity (Wildman–Crippen MR) is 55.2 cm³/mol. The van der Waals surface area contributed by atoms with Crippen LogP contribution in [0.15, 0.2) is 18.2 Å². The molecule has 3 heteroatoms. The Balaban J connectivity index is 1.97. The van der Waals surface area contributed by atoms with Crippen LogP contribution in [0.25, 0.3) is 0 Å². The van der Waals surface area contributed by atoms with E-state index in [1.54, 1.807) is 6.07 Å². The molecule has 1 nitrogen and oxygen atoms in total. The van der Waals surface area contributed by atoms with Crippen LogP contribution in [0.4, 0.5) is 8.78 Å². The van der Waals surface area contributed by atoms with Crippen molar-refractivity contribution in [2.75, 3.05) is 0 Å². The summed E-state index contributed by atoms with van der Waals surface area (Å²) < 4.78 is 25.6. The molecule has 0 aromatic heterocycles. The Labute approximate surface area is 88.3 Å². The summed E-state index contributed by atoms with van der Waals surface area (Å²) in [4.78, 5) is 0. The number of rotatable bonds is 4. The van der Waals surface area contributed by atoms with Crippen LogP contribution in [-0.2, 0) is 0 Å². The average molecular weight is 211 g/mol. The maximum absolute atomic E-state index is 12.9. The predicted octanol–water partition coefficient (Wildman–Crippen LogP) is 3.15. The second kappa shape index (κ2) is 4.27. The average Bonchev–Trinajstić information content (AvgIpc) is 3.02. The van der Waals surface area contributed by atoms with Gasteiger partial charge >= 0.3 is 0 Å². The van der Waals surface area contributed by atoms with Crippen LogP contribution in [0.3, 0.4) is 0 Å². The molecule has 1 fully saturated rings. The van der Waals surface area contributed by atoms with E-state index in [-0.39, 0.29) is 6.04 Å². The van der Waals surface area contributed by atoms with Gasteiger partial charge in [0.25, 0.3) is 0 Å². The molecule has 1 atom stereocenters. The second-order valence-electron chi connectivity index (χ2n) is 4.30. The third-order valence-electron chi connectivity index (χ3n) is 2.95. The minimum Gasteiger partial charge on any atom is -0.324 e. The molecule has 2 N–H and O–H groups in total. The second-order valence-corrected chi connectivity index (χ2v) is 4.30. The third kappa shape index (κ3) is 2.75. The van der Waals surface area contributed by atoms with E-state index in [2.05, 4.69) is 0 Å². The highest BCUT2D eigenvalue weighted by atomic mass is 19.2. The van der Waals surface area contributed by atoms with E-state index in [1.807, 2.05) is 0 Å². The first-order chi connectivity index (χ1) is 7.16. The highest BCUT2D eigenvalue weighted by Crippen LogP contribution is 2.35. The molecule has 15 heavy (non-hydrogen) atoms. The van der Waals surface area contributed by atoms with Crippen molar-refractivity contribution in [3.8, 4) is 0 Å². The van der Waals surface area contributed by atoms with E-state index in [1.165, 1.54) is 18.9 Å². The summed E-state index contributed by atoms with van der Waals surface area (Å²) >= 11 is 0. The number of hydrogen-bond donors (Lipinski definition) is 1. The Hall–Kier alpha value is -0.960. The van der Waals surface area contributed by atoms with Crippen molar-refractivity contribution in [3.63, 3.8) is 0 Å². The van der Waals surface area contributed by atoms with Gasteiger partial charge < -0.3 is 5.73 Å². The van der Waals surface area contributed by atoms with Crippen LogP contribution < -0.4 is 5.73 Å². The van der Waals surface area contributed by atoms with Crippen LogP contribution in [0.5, 0.6) is 0 Å². The molecule has 1 unspecified atom stereocenters. The maximum atomic E-state index is 12.9. The highest BCUT2D eigenvalue weighted by Gasteiger charge is 2.22. The third-order valence-corrected chi connectivity index (χ3v) is 2.95. The summed E-state index contributed by atoms with van der Waals surface area (Å²) in [6, 6.07) is 3.74. The topological polar surface area (TPSA) is 26.0 Å². The molecule has 0 saturated heterocycles. The molecule has 0 amide bonds. The van der Waals surface area contributed by atoms with E-state index >= 15 is 0 Å². The molecule has 0 aliphatic heterocycles. The fourth-order valence-electron chi connectivity index (χ4n) is 1.73. The lowest BCUT2D eigenvalue weighted by molar-refractivity contribution is 0.502. The Bertz CT molecular complexity index is 347. The van der Waals surface area contributed by atoms with Gasteiger partial charge in [-0.15, -0.1) is 0 Å². The summed E-state index contributed by atoms with van der Waals surface area (Å²) in [5, 5.41) is 0. The molecule has 1 aromatic carbocycles. The van der Waals surface area contributed by atoms with E-state index < -0.39 is 11.6 Å². The first kappa shape index (κ1) is 10.6. The molecule has 0 bridgehead atoms. The minimum absolute atomic E-state index is 0.166. The highest BCUT2D eigenvalue weighted by molar-refractivity contribution is 5.20. The molecule has 0 radical (unpaired) electrons. The van der Waals surface area contributed by atoms with Gasteiger partial charge in [0, 0.05) is 6.04 Å². The first-order valence-electron chi connectivity index (χ1n) is 5.37. The van der Waals surface area contributed by atoms with Crippen molar-refractivity contribution in [3.05, 3.63) is 35.4 Å². The van der Waals surface area contributed by atoms with Gasteiger partial charge in [0.2, 0.25) is 0 Å². The van der Waals surface area contributed by atoms with Crippen LogP contribution in [0.1, 0.15) is 37.3 Å².